The molecular formula is C25H40N4O. The third-order valence-corrected chi connectivity index (χ3v) is 9.94. The molecule has 30 heavy (non-hydrogen) atoms. The Balaban J connectivity index is 1.31. The Morgan fingerprint density at radius 2 is 2.10 bits per heavy atom. The molecule has 0 aromatic rings. The number of fused-ring (bicyclic) bond motifs is 5. The first-order valence-electron chi connectivity index (χ1n) is 12.4. The van der Waals surface area contributed by atoms with Gasteiger partial charge in [0, 0.05) is 12.8 Å². The first-order valence-corrected chi connectivity index (χ1v) is 12.4. The third-order valence-electron chi connectivity index (χ3n) is 9.94. The maximum atomic E-state index is 10.2. The maximum Gasteiger partial charge on any atom is 0.212 e. The van der Waals surface area contributed by atoms with Gasteiger partial charge in [-0.25, -0.2) is 10.4 Å². The molecule has 3 N–H and O–H groups in total. The van der Waals surface area contributed by atoms with Crippen LogP contribution in [0.2, 0.25) is 0 Å². The fraction of sp³-hybridized carbons (Fsp3) is 0.840. The SMILES string of the molecule is CC(/C=N/NC1=NCCN1)[C@H]1CCC2C3CC=C4C[C@@H](O)CCC4(C)C3CC[C@@]21C. The van der Waals surface area contributed by atoms with Crippen molar-refractivity contribution in [3.05, 3.63) is 11.6 Å². The van der Waals surface area contributed by atoms with Crippen molar-refractivity contribution >= 4 is 12.2 Å². The summed E-state index contributed by atoms with van der Waals surface area (Å²) in [5.74, 6) is 4.51. The van der Waals surface area contributed by atoms with Crippen molar-refractivity contribution in [3.63, 3.8) is 0 Å². The smallest absolute Gasteiger partial charge is 0.212 e. The minimum absolute atomic E-state index is 0.107. The van der Waals surface area contributed by atoms with Gasteiger partial charge in [-0.05, 0) is 91.8 Å². The summed E-state index contributed by atoms with van der Waals surface area (Å²) in [5.41, 5.74) is 5.44. The molecular weight excluding hydrogens is 372 g/mol. The summed E-state index contributed by atoms with van der Waals surface area (Å²) in [6, 6.07) is 0. The van der Waals surface area contributed by atoms with Crippen molar-refractivity contribution < 1.29 is 5.11 Å². The zero-order valence-electron chi connectivity index (χ0n) is 19.0. The quantitative estimate of drug-likeness (QED) is 0.371. The molecule has 5 nitrogen and oxygen atoms in total. The van der Waals surface area contributed by atoms with Gasteiger partial charge in [-0.1, -0.05) is 32.4 Å². The normalized spacial score (nSPS) is 46.3. The molecule has 3 saturated carbocycles. The highest BCUT2D eigenvalue weighted by Gasteiger charge is 2.59. The molecule has 1 heterocycles. The second kappa shape index (κ2) is 7.65. The molecule has 5 unspecified atom stereocenters. The molecule has 0 spiro atoms. The summed E-state index contributed by atoms with van der Waals surface area (Å²) >= 11 is 0. The van der Waals surface area contributed by atoms with Crippen LogP contribution in [0.5, 0.6) is 0 Å². The summed E-state index contributed by atoms with van der Waals surface area (Å²) in [6.45, 7) is 9.23. The number of aliphatic hydroxyl groups is 1. The van der Waals surface area contributed by atoms with Crippen LogP contribution >= 0.6 is 0 Å². The number of nitrogens with one attached hydrogen (secondary N) is 2. The van der Waals surface area contributed by atoms with Crippen molar-refractivity contribution in [2.45, 2.75) is 78.2 Å². The number of nitrogens with zero attached hydrogens (tertiary/aromatic N) is 2. The van der Waals surface area contributed by atoms with Crippen LogP contribution in [-0.4, -0.2) is 36.5 Å². The lowest BCUT2D eigenvalue weighted by atomic mass is 9.47. The Kier molecular flexibility index (Phi) is 5.24. The van der Waals surface area contributed by atoms with Crippen molar-refractivity contribution in [1.82, 2.24) is 10.7 Å². The van der Waals surface area contributed by atoms with E-state index in [-0.39, 0.29) is 6.10 Å². The molecule has 4 aliphatic carbocycles. The Bertz CT molecular complexity index is 760. The lowest BCUT2D eigenvalue weighted by molar-refractivity contribution is -0.0529. The van der Waals surface area contributed by atoms with Gasteiger partial charge in [0.05, 0.1) is 12.6 Å². The standard InChI is InChI=1S/C25H40N4O/c1-16(15-28-29-23-26-12-13-27-23)20-6-7-21-19-5-4-17-14-18(30)8-10-24(17,2)22(19)9-11-25(20,21)3/h4,15-16,18-22,30H,5-14H2,1-3H3,(H2,26,27,29)/b28-15+/t16?,18-,19?,20+,21?,22?,24?,25+/m0/s1. The predicted molar refractivity (Wildman–Crippen MR) is 122 cm³/mol. The van der Waals surface area contributed by atoms with Gasteiger partial charge in [-0.2, -0.15) is 5.10 Å². The van der Waals surface area contributed by atoms with Gasteiger partial charge < -0.3 is 10.4 Å². The van der Waals surface area contributed by atoms with Crippen LogP contribution in [0.15, 0.2) is 21.7 Å². The lowest BCUT2D eigenvalue weighted by Crippen LogP contribution is -2.50. The average Bonchev–Trinajstić information content (AvgIpc) is 3.35. The molecule has 0 bridgehead atoms. The maximum absolute atomic E-state index is 10.2. The highest BCUT2D eigenvalue weighted by Crippen LogP contribution is 2.67. The largest absolute Gasteiger partial charge is 0.393 e. The van der Waals surface area contributed by atoms with Crippen LogP contribution in [0.3, 0.4) is 0 Å². The monoisotopic (exact) mass is 412 g/mol. The molecule has 0 aromatic carbocycles. The van der Waals surface area contributed by atoms with Gasteiger partial charge in [0.15, 0.2) is 0 Å². The van der Waals surface area contributed by atoms with Crippen LogP contribution in [0, 0.1) is 40.4 Å². The highest BCUT2D eigenvalue weighted by atomic mass is 16.3. The molecule has 1 aliphatic heterocycles. The van der Waals surface area contributed by atoms with Gasteiger partial charge in [0.1, 0.15) is 0 Å². The first-order chi connectivity index (χ1) is 14.4. The van der Waals surface area contributed by atoms with E-state index in [2.05, 4.69) is 53.9 Å². The van der Waals surface area contributed by atoms with Gasteiger partial charge >= 0.3 is 0 Å². The number of rotatable bonds is 3. The fourth-order valence-electron chi connectivity index (χ4n) is 8.34. The minimum Gasteiger partial charge on any atom is -0.393 e. The summed E-state index contributed by atoms with van der Waals surface area (Å²) in [7, 11) is 0. The summed E-state index contributed by atoms with van der Waals surface area (Å²) < 4.78 is 0. The third kappa shape index (κ3) is 3.23. The Morgan fingerprint density at radius 1 is 1.23 bits per heavy atom. The van der Waals surface area contributed by atoms with E-state index < -0.39 is 0 Å². The van der Waals surface area contributed by atoms with Crippen molar-refractivity contribution in [1.29, 1.82) is 0 Å². The van der Waals surface area contributed by atoms with Crippen LogP contribution < -0.4 is 10.7 Å². The minimum atomic E-state index is -0.107. The van der Waals surface area contributed by atoms with E-state index in [1.807, 2.05) is 0 Å². The van der Waals surface area contributed by atoms with Crippen molar-refractivity contribution in [2.24, 2.45) is 50.5 Å². The highest BCUT2D eigenvalue weighted by molar-refractivity contribution is 5.81. The molecule has 3 fully saturated rings. The van der Waals surface area contributed by atoms with E-state index in [9.17, 15) is 5.11 Å². The van der Waals surface area contributed by atoms with E-state index in [1.54, 1.807) is 5.57 Å². The van der Waals surface area contributed by atoms with Crippen LogP contribution in [0.4, 0.5) is 0 Å². The number of hydrogen-bond acceptors (Lipinski definition) is 5. The Labute approximate surface area is 181 Å². The zero-order valence-corrected chi connectivity index (χ0v) is 19.0. The number of hydrogen-bond donors (Lipinski definition) is 3. The zero-order chi connectivity index (χ0) is 20.9. The Hall–Kier alpha value is -1.36. The molecule has 8 atom stereocenters. The predicted octanol–water partition coefficient (Wildman–Crippen LogP) is 4.10. The van der Waals surface area contributed by atoms with E-state index >= 15 is 0 Å². The molecule has 5 aliphatic rings. The second-order valence-electron chi connectivity index (χ2n) is 11.3. The second-order valence-corrected chi connectivity index (χ2v) is 11.3. The van der Waals surface area contributed by atoms with Gasteiger partial charge in [0.2, 0.25) is 5.96 Å². The molecule has 166 valence electrons. The average molecular weight is 413 g/mol. The molecule has 5 heteroatoms. The lowest BCUT2D eigenvalue weighted by Gasteiger charge is -2.58. The number of hydrazone groups is 1. The van der Waals surface area contributed by atoms with Crippen LogP contribution in [0.25, 0.3) is 0 Å². The summed E-state index contributed by atoms with van der Waals surface area (Å²) in [5, 5.41) is 18.0. The van der Waals surface area contributed by atoms with Crippen molar-refractivity contribution in [2.75, 3.05) is 13.1 Å². The van der Waals surface area contributed by atoms with E-state index in [1.165, 1.54) is 38.5 Å². The van der Waals surface area contributed by atoms with E-state index in [0.717, 1.165) is 55.6 Å². The number of allylic oxidation sites excluding steroid dienone is 1. The fourth-order valence-corrected chi connectivity index (χ4v) is 8.34. The van der Waals surface area contributed by atoms with Crippen LogP contribution in [-0.2, 0) is 0 Å². The molecule has 0 radical (unpaired) electrons. The van der Waals surface area contributed by atoms with Crippen molar-refractivity contribution in [3.8, 4) is 0 Å². The van der Waals surface area contributed by atoms with Gasteiger partial charge in [-0.15, -0.1) is 0 Å². The van der Waals surface area contributed by atoms with Gasteiger partial charge in [-0.3, -0.25) is 0 Å². The van der Waals surface area contributed by atoms with Gasteiger partial charge in [0.25, 0.3) is 0 Å². The number of aliphatic hydroxyl groups excluding tert-OH is 1. The Morgan fingerprint density at radius 3 is 2.90 bits per heavy atom. The molecule has 5 rings (SSSR count). The van der Waals surface area contributed by atoms with E-state index in [4.69, 9.17) is 0 Å². The first kappa shape index (κ1) is 20.5. The number of aliphatic imine (C=N–C) groups is 1. The molecule has 0 aromatic heterocycles. The molecule has 0 amide bonds. The van der Waals surface area contributed by atoms with Crippen LogP contribution in [0.1, 0.15) is 72.1 Å². The van der Waals surface area contributed by atoms with E-state index in [0.29, 0.717) is 16.7 Å². The topological polar surface area (TPSA) is 69.0 Å². The summed E-state index contributed by atoms with van der Waals surface area (Å²) in [6.07, 6.45) is 14.3. The molecule has 0 saturated heterocycles. The number of guanidine groups is 1. The summed E-state index contributed by atoms with van der Waals surface area (Å²) in [4.78, 5) is 4.36.